The van der Waals surface area contributed by atoms with E-state index in [1.165, 1.54) is 38.5 Å². The predicted molar refractivity (Wildman–Crippen MR) is 62.8 cm³/mol. The van der Waals surface area contributed by atoms with Crippen molar-refractivity contribution in [1.82, 2.24) is 5.32 Å². The second-order valence-corrected chi connectivity index (χ2v) is 5.46. The van der Waals surface area contributed by atoms with E-state index in [4.69, 9.17) is 0 Å². The summed E-state index contributed by atoms with van der Waals surface area (Å²) in [5, 5.41) is 13.4. The Morgan fingerprint density at radius 1 is 1.00 bits per heavy atom. The summed E-state index contributed by atoms with van der Waals surface area (Å²) >= 11 is 0. The zero-order chi connectivity index (χ0) is 10.7. The van der Waals surface area contributed by atoms with E-state index in [1.54, 1.807) is 0 Å². The second kappa shape index (κ2) is 5.31. The fourth-order valence-electron chi connectivity index (χ4n) is 3.24. The third-order valence-electron chi connectivity index (χ3n) is 4.31. The SMILES string of the molecule is CC(N[C@H]1CCC[C@@H]1O)C1CCCCC1. The van der Waals surface area contributed by atoms with Crippen LogP contribution in [0.4, 0.5) is 0 Å². The fourth-order valence-corrected chi connectivity index (χ4v) is 3.24. The van der Waals surface area contributed by atoms with Crippen molar-refractivity contribution in [2.75, 3.05) is 0 Å². The third-order valence-corrected chi connectivity index (χ3v) is 4.31. The van der Waals surface area contributed by atoms with Crippen LogP contribution in [0.15, 0.2) is 0 Å². The Kier molecular flexibility index (Phi) is 4.04. The molecule has 0 radical (unpaired) electrons. The van der Waals surface area contributed by atoms with Crippen LogP contribution >= 0.6 is 0 Å². The van der Waals surface area contributed by atoms with Gasteiger partial charge < -0.3 is 10.4 Å². The van der Waals surface area contributed by atoms with Gasteiger partial charge in [-0.1, -0.05) is 19.3 Å². The maximum atomic E-state index is 9.77. The molecule has 15 heavy (non-hydrogen) atoms. The largest absolute Gasteiger partial charge is 0.392 e. The molecule has 2 N–H and O–H groups in total. The Bertz CT molecular complexity index is 189. The summed E-state index contributed by atoms with van der Waals surface area (Å²) in [5.41, 5.74) is 0. The molecule has 1 unspecified atom stereocenters. The van der Waals surface area contributed by atoms with Crippen molar-refractivity contribution in [1.29, 1.82) is 0 Å². The number of hydrogen-bond donors (Lipinski definition) is 2. The summed E-state index contributed by atoms with van der Waals surface area (Å²) in [4.78, 5) is 0. The highest BCUT2D eigenvalue weighted by atomic mass is 16.3. The van der Waals surface area contributed by atoms with Gasteiger partial charge >= 0.3 is 0 Å². The molecule has 2 fully saturated rings. The molecule has 0 aliphatic heterocycles. The molecule has 0 aromatic heterocycles. The molecule has 2 nitrogen and oxygen atoms in total. The second-order valence-electron chi connectivity index (χ2n) is 5.46. The zero-order valence-electron chi connectivity index (χ0n) is 9.91. The normalized spacial score (nSPS) is 35.6. The van der Waals surface area contributed by atoms with E-state index in [-0.39, 0.29) is 6.10 Å². The standard InChI is InChI=1S/C13H25NO/c1-10(11-6-3-2-4-7-11)14-12-8-5-9-13(12)15/h10-15H,2-9H2,1H3/t10?,12-,13-/m0/s1. The lowest BCUT2D eigenvalue weighted by Gasteiger charge is -2.31. The molecule has 0 aromatic carbocycles. The van der Waals surface area contributed by atoms with Gasteiger partial charge in [0, 0.05) is 12.1 Å². The lowest BCUT2D eigenvalue weighted by molar-refractivity contribution is 0.133. The van der Waals surface area contributed by atoms with Crippen LogP contribution in [-0.4, -0.2) is 23.3 Å². The Morgan fingerprint density at radius 3 is 2.33 bits per heavy atom. The smallest absolute Gasteiger partial charge is 0.0693 e. The summed E-state index contributed by atoms with van der Waals surface area (Å²) in [7, 11) is 0. The van der Waals surface area contributed by atoms with Crippen LogP contribution in [0, 0.1) is 5.92 Å². The lowest BCUT2D eigenvalue weighted by atomic mass is 9.84. The van der Waals surface area contributed by atoms with E-state index in [0.29, 0.717) is 12.1 Å². The molecular weight excluding hydrogens is 186 g/mol. The average Bonchev–Trinajstić information content (AvgIpc) is 2.66. The van der Waals surface area contributed by atoms with E-state index in [0.717, 1.165) is 18.8 Å². The van der Waals surface area contributed by atoms with E-state index in [9.17, 15) is 5.11 Å². The van der Waals surface area contributed by atoms with Crippen molar-refractivity contribution in [3.63, 3.8) is 0 Å². The van der Waals surface area contributed by atoms with Crippen LogP contribution in [-0.2, 0) is 0 Å². The van der Waals surface area contributed by atoms with E-state index in [1.807, 2.05) is 0 Å². The van der Waals surface area contributed by atoms with Crippen LogP contribution in [0.2, 0.25) is 0 Å². The van der Waals surface area contributed by atoms with Gasteiger partial charge in [-0.05, 0) is 44.9 Å². The monoisotopic (exact) mass is 211 g/mol. The van der Waals surface area contributed by atoms with Crippen molar-refractivity contribution in [2.45, 2.75) is 76.5 Å². The predicted octanol–water partition coefficient (Wildman–Crippen LogP) is 2.46. The fraction of sp³-hybridized carbons (Fsp3) is 1.00. The van der Waals surface area contributed by atoms with Gasteiger partial charge in [0.2, 0.25) is 0 Å². The third kappa shape index (κ3) is 2.94. The van der Waals surface area contributed by atoms with E-state index in [2.05, 4.69) is 12.2 Å². The van der Waals surface area contributed by atoms with Crippen molar-refractivity contribution in [3.05, 3.63) is 0 Å². The minimum absolute atomic E-state index is 0.0870. The number of aliphatic hydroxyl groups is 1. The van der Waals surface area contributed by atoms with Crippen LogP contribution in [0.5, 0.6) is 0 Å². The summed E-state index contributed by atoms with van der Waals surface area (Å²) in [6.07, 6.45) is 10.3. The topological polar surface area (TPSA) is 32.3 Å². The van der Waals surface area contributed by atoms with Gasteiger partial charge in [-0.25, -0.2) is 0 Å². The molecule has 2 saturated carbocycles. The molecule has 0 heterocycles. The van der Waals surface area contributed by atoms with Gasteiger partial charge in [0.25, 0.3) is 0 Å². The van der Waals surface area contributed by atoms with Crippen molar-refractivity contribution in [2.24, 2.45) is 5.92 Å². The van der Waals surface area contributed by atoms with Gasteiger partial charge in [-0.2, -0.15) is 0 Å². The van der Waals surface area contributed by atoms with E-state index >= 15 is 0 Å². The van der Waals surface area contributed by atoms with Crippen molar-refractivity contribution >= 4 is 0 Å². The van der Waals surface area contributed by atoms with Gasteiger partial charge in [-0.3, -0.25) is 0 Å². The Hall–Kier alpha value is -0.0800. The van der Waals surface area contributed by atoms with Crippen molar-refractivity contribution < 1.29 is 5.11 Å². The minimum Gasteiger partial charge on any atom is -0.392 e. The summed E-state index contributed by atoms with van der Waals surface area (Å²) in [6.45, 7) is 2.31. The molecule has 0 aromatic rings. The molecular formula is C13H25NO. The summed E-state index contributed by atoms with van der Waals surface area (Å²) in [6, 6.07) is 0.977. The number of rotatable bonds is 3. The molecule has 3 atom stereocenters. The Labute approximate surface area is 93.5 Å². The Morgan fingerprint density at radius 2 is 1.73 bits per heavy atom. The number of hydrogen-bond acceptors (Lipinski definition) is 2. The molecule has 88 valence electrons. The molecule has 0 spiro atoms. The van der Waals surface area contributed by atoms with Crippen LogP contribution < -0.4 is 5.32 Å². The van der Waals surface area contributed by atoms with Gasteiger partial charge in [0.15, 0.2) is 0 Å². The molecule has 0 amide bonds. The molecule has 2 heteroatoms. The first-order valence-electron chi connectivity index (χ1n) is 6.71. The maximum Gasteiger partial charge on any atom is 0.0693 e. The van der Waals surface area contributed by atoms with Crippen LogP contribution in [0.1, 0.15) is 58.3 Å². The van der Waals surface area contributed by atoms with Crippen molar-refractivity contribution in [3.8, 4) is 0 Å². The van der Waals surface area contributed by atoms with E-state index < -0.39 is 0 Å². The molecule has 0 bridgehead atoms. The minimum atomic E-state index is -0.0870. The Balaban J connectivity index is 1.77. The highest BCUT2D eigenvalue weighted by molar-refractivity contribution is 4.87. The first-order chi connectivity index (χ1) is 7.27. The number of aliphatic hydroxyl groups excluding tert-OH is 1. The molecule has 0 saturated heterocycles. The van der Waals surface area contributed by atoms with Crippen LogP contribution in [0.3, 0.4) is 0 Å². The molecule has 2 aliphatic rings. The first kappa shape index (κ1) is 11.4. The average molecular weight is 211 g/mol. The van der Waals surface area contributed by atoms with Gasteiger partial charge in [0.1, 0.15) is 0 Å². The molecule has 2 rings (SSSR count). The zero-order valence-corrected chi connectivity index (χ0v) is 9.91. The highest BCUT2D eigenvalue weighted by Crippen LogP contribution is 2.28. The maximum absolute atomic E-state index is 9.77. The highest BCUT2D eigenvalue weighted by Gasteiger charge is 2.28. The lowest BCUT2D eigenvalue weighted by Crippen LogP contribution is -2.45. The number of nitrogens with one attached hydrogen (secondary N) is 1. The molecule has 2 aliphatic carbocycles. The van der Waals surface area contributed by atoms with Gasteiger partial charge in [-0.15, -0.1) is 0 Å². The summed E-state index contributed by atoms with van der Waals surface area (Å²) in [5.74, 6) is 0.853. The van der Waals surface area contributed by atoms with Crippen LogP contribution in [0.25, 0.3) is 0 Å². The van der Waals surface area contributed by atoms with Gasteiger partial charge in [0.05, 0.1) is 6.10 Å². The quantitative estimate of drug-likeness (QED) is 0.751. The first-order valence-corrected chi connectivity index (χ1v) is 6.71. The summed E-state index contributed by atoms with van der Waals surface area (Å²) < 4.78 is 0.